The molecule has 1 aliphatic rings. The molecule has 3 aromatic rings. The van der Waals surface area contributed by atoms with Crippen LogP contribution in [0.1, 0.15) is 40.2 Å². The number of allylic oxidation sites excluding steroid dienone is 1. The molecule has 0 radical (unpaired) electrons. The summed E-state index contributed by atoms with van der Waals surface area (Å²) in [6, 6.07) is 11.3. The summed E-state index contributed by atoms with van der Waals surface area (Å²) in [4.78, 5) is 12.0. The van der Waals surface area contributed by atoms with E-state index >= 15 is 0 Å². The highest BCUT2D eigenvalue weighted by Crippen LogP contribution is 2.38. The Morgan fingerprint density at radius 1 is 1.11 bits per heavy atom. The van der Waals surface area contributed by atoms with Crippen LogP contribution in [0.15, 0.2) is 42.5 Å². The average Bonchev–Trinajstić information content (AvgIpc) is 3.04. The molecule has 0 spiro atoms. The summed E-state index contributed by atoms with van der Waals surface area (Å²) in [5.41, 5.74) is 4.27. The van der Waals surface area contributed by atoms with Gasteiger partial charge < -0.3 is 0 Å². The Labute approximate surface area is 176 Å². The molecule has 0 saturated carbocycles. The molecule has 28 heavy (non-hydrogen) atoms. The lowest BCUT2D eigenvalue weighted by Gasteiger charge is -2.19. The van der Waals surface area contributed by atoms with Crippen molar-refractivity contribution in [3.63, 3.8) is 0 Å². The standard InChI is InChI=1S/C21H14Cl3FN2O/c22-14-6-9-18(17(23)11-14)27-20-13(10-12-4-7-15(25)8-5-12)2-1-3-16(20)19(26-27)21(24)28/h4-11H,1-3H2/b13-10+. The van der Waals surface area contributed by atoms with Crippen LogP contribution in [0.4, 0.5) is 4.39 Å². The minimum absolute atomic E-state index is 0.229. The van der Waals surface area contributed by atoms with Crippen molar-refractivity contribution in [2.45, 2.75) is 19.3 Å². The summed E-state index contributed by atoms with van der Waals surface area (Å²) in [5.74, 6) is -0.292. The maximum Gasteiger partial charge on any atom is 0.273 e. The predicted molar refractivity (Wildman–Crippen MR) is 111 cm³/mol. The third-order valence-electron chi connectivity index (χ3n) is 4.70. The molecule has 0 bridgehead atoms. The molecule has 0 fully saturated rings. The highest BCUT2D eigenvalue weighted by Gasteiger charge is 2.28. The van der Waals surface area contributed by atoms with E-state index in [-0.39, 0.29) is 11.5 Å². The van der Waals surface area contributed by atoms with Crippen LogP contribution in [0.25, 0.3) is 17.3 Å². The summed E-state index contributed by atoms with van der Waals surface area (Å²) in [7, 11) is 0. The van der Waals surface area contributed by atoms with Crippen LogP contribution < -0.4 is 0 Å². The van der Waals surface area contributed by atoms with Gasteiger partial charge in [0.25, 0.3) is 5.24 Å². The quantitative estimate of drug-likeness (QED) is 0.436. The van der Waals surface area contributed by atoms with Crippen molar-refractivity contribution in [2.75, 3.05) is 0 Å². The fourth-order valence-corrected chi connectivity index (χ4v) is 4.12. The summed E-state index contributed by atoms with van der Waals surface area (Å²) in [6.07, 6.45) is 4.31. The van der Waals surface area contributed by atoms with Gasteiger partial charge in [-0.05, 0) is 78.4 Å². The van der Waals surface area contributed by atoms with Crippen molar-refractivity contribution in [3.05, 3.63) is 80.8 Å². The van der Waals surface area contributed by atoms with Crippen molar-refractivity contribution in [1.82, 2.24) is 9.78 Å². The highest BCUT2D eigenvalue weighted by atomic mass is 35.5. The molecule has 1 aliphatic carbocycles. The number of benzene rings is 2. The van der Waals surface area contributed by atoms with Gasteiger partial charge in [-0.1, -0.05) is 35.3 Å². The van der Waals surface area contributed by atoms with E-state index in [9.17, 15) is 9.18 Å². The maximum atomic E-state index is 13.2. The van der Waals surface area contributed by atoms with Crippen molar-refractivity contribution >= 4 is 51.7 Å². The van der Waals surface area contributed by atoms with Crippen LogP contribution in [0.3, 0.4) is 0 Å². The first-order valence-electron chi connectivity index (χ1n) is 8.67. The summed E-state index contributed by atoms with van der Waals surface area (Å²) in [6.45, 7) is 0. The molecule has 0 aliphatic heterocycles. The second-order valence-corrected chi connectivity index (χ2v) is 7.72. The van der Waals surface area contributed by atoms with Crippen molar-refractivity contribution < 1.29 is 9.18 Å². The summed E-state index contributed by atoms with van der Waals surface area (Å²) < 4.78 is 14.9. The zero-order valence-corrected chi connectivity index (χ0v) is 16.8. The first kappa shape index (κ1) is 19.2. The molecule has 1 aromatic heterocycles. The fourth-order valence-electron chi connectivity index (χ4n) is 3.48. The van der Waals surface area contributed by atoms with Gasteiger partial charge in [0, 0.05) is 10.6 Å². The SMILES string of the molecule is O=C(Cl)c1nn(-c2ccc(Cl)cc2Cl)c2c1CCC/C2=C\c1ccc(F)cc1. The Morgan fingerprint density at radius 3 is 2.54 bits per heavy atom. The van der Waals surface area contributed by atoms with Gasteiger partial charge in [0.15, 0.2) is 0 Å². The van der Waals surface area contributed by atoms with E-state index in [1.165, 1.54) is 12.1 Å². The fraction of sp³-hybridized carbons (Fsp3) is 0.143. The van der Waals surface area contributed by atoms with Crippen molar-refractivity contribution in [1.29, 1.82) is 0 Å². The monoisotopic (exact) mass is 434 g/mol. The topological polar surface area (TPSA) is 34.9 Å². The minimum atomic E-state index is -0.608. The number of halogens is 4. The Bertz CT molecular complexity index is 1100. The number of hydrogen-bond acceptors (Lipinski definition) is 2. The molecule has 2 aromatic carbocycles. The van der Waals surface area contributed by atoms with E-state index in [1.54, 1.807) is 35.0 Å². The van der Waals surface area contributed by atoms with E-state index in [1.807, 2.05) is 6.08 Å². The van der Waals surface area contributed by atoms with Gasteiger partial charge in [-0.2, -0.15) is 5.10 Å². The lowest BCUT2D eigenvalue weighted by Crippen LogP contribution is -2.08. The molecular formula is C21H14Cl3FN2O. The van der Waals surface area contributed by atoms with Gasteiger partial charge in [-0.3, -0.25) is 4.79 Å². The maximum absolute atomic E-state index is 13.2. The Kier molecular flexibility index (Phi) is 5.28. The Morgan fingerprint density at radius 2 is 1.86 bits per heavy atom. The molecule has 7 heteroatoms. The molecule has 1 heterocycles. The van der Waals surface area contributed by atoms with E-state index in [0.29, 0.717) is 22.2 Å². The number of aromatic nitrogens is 2. The zero-order chi connectivity index (χ0) is 19.8. The van der Waals surface area contributed by atoms with Crippen LogP contribution in [0, 0.1) is 5.82 Å². The molecule has 0 amide bonds. The number of rotatable bonds is 3. The van der Waals surface area contributed by atoms with Crippen LogP contribution in [-0.2, 0) is 6.42 Å². The second kappa shape index (κ2) is 7.70. The van der Waals surface area contributed by atoms with Crippen molar-refractivity contribution in [2.24, 2.45) is 0 Å². The number of fused-ring (bicyclic) bond motifs is 1. The van der Waals surface area contributed by atoms with Crippen LogP contribution in [0.2, 0.25) is 10.0 Å². The first-order valence-corrected chi connectivity index (χ1v) is 9.81. The Hall–Kier alpha value is -2.14. The predicted octanol–water partition coefficient (Wildman–Crippen LogP) is 6.57. The van der Waals surface area contributed by atoms with E-state index in [2.05, 4.69) is 5.10 Å². The smallest absolute Gasteiger partial charge is 0.273 e. The largest absolute Gasteiger partial charge is 0.274 e. The van der Waals surface area contributed by atoms with Gasteiger partial charge in [-0.25, -0.2) is 9.07 Å². The molecule has 0 saturated heterocycles. The highest BCUT2D eigenvalue weighted by molar-refractivity contribution is 6.67. The molecule has 0 unspecified atom stereocenters. The van der Waals surface area contributed by atoms with Crippen LogP contribution >= 0.6 is 34.8 Å². The van der Waals surface area contributed by atoms with E-state index in [4.69, 9.17) is 34.8 Å². The van der Waals surface area contributed by atoms with Gasteiger partial charge in [0.2, 0.25) is 0 Å². The van der Waals surface area contributed by atoms with E-state index in [0.717, 1.165) is 35.2 Å². The lowest BCUT2D eigenvalue weighted by atomic mass is 9.90. The third kappa shape index (κ3) is 3.60. The summed E-state index contributed by atoms with van der Waals surface area (Å²) in [5, 5.41) is 4.78. The molecule has 4 rings (SSSR count). The normalized spacial score (nSPS) is 14.9. The number of hydrogen-bond donors (Lipinski definition) is 0. The third-order valence-corrected chi connectivity index (χ3v) is 5.41. The molecule has 0 N–H and O–H groups in total. The van der Waals surface area contributed by atoms with Crippen molar-refractivity contribution in [3.8, 4) is 5.69 Å². The van der Waals surface area contributed by atoms with Gasteiger partial charge in [0.1, 0.15) is 11.5 Å². The summed E-state index contributed by atoms with van der Waals surface area (Å²) >= 11 is 18.2. The lowest BCUT2D eigenvalue weighted by molar-refractivity contribution is 0.107. The van der Waals surface area contributed by atoms with Crippen LogP contribution in [-0.4, -0.2) is 15.0 Å². The molecule has 0 atom stereocenters. The minimum Gasteiger partial charge on any atom is -0.274 e. The zero-order valence-electron chi connectivity index (χ0n) is 14.6. The molecule has 3 nitrogen and oxygen atoms in total. The van der Waals surface area contributed by atoms with Gasteiger partial charge >= 0.3 is 0 Å². The number of nitrogens with zero attached hydrogens (tertiary/aromatic N) is 2. The first-order chi connectivity index (χ1) is 13.4. The number of carbonyl (C=O) groups is 1. The Balaban J connectivity index is 1.94. The number of carbonyl (C=O) groups excluding carboxylic acids is 1. The molecular weight excluding hydrogens is 422 g/mol. The van der Waals surface area contributed by atoms with Gasteiger partial charge in [-0.15, -0.1) is 0 Å². The molecule has 142 valence electrons. The van der Waals surface area contributed by atoms with E-state index < -0.39 is 5.24 Å². The average molecular weight is 436 g/mol. The van der Waals surface area contributed by atoms with Crippen LogP contribution in [0.5, 0.6) is 0 Å². The van der Waals surface area contributed by atoms with Gasteiger partial charge in [0.05, 0.1) is 16.4 Å². The second-order valence-electron chi connectivity index (χ2n) is 6.53.